The van der Waals surface area contributed by atoms with Crippen LogP contribution in [0.25, 0.3) is 11.2 Å². The topological polar surface area (TPSA) is 93.7 Å². The van der Waals surface area contributed by atoms with Crippen LogP contribution in [0.15, 0.2) is 30.6 Å². The lowest BCUT2D eigenvalue weighted by Crippen LogP contribution is -2.33. The molecule has 0 aliphatic heterocycles. The van der Waals surface area contributed by atoms with Crippen LogP contribution in [-0.4, -0.2) is 31.6 Å². The maximum Gasteiger partial charge on any atom is 0.227 e. The van der Waals surface area contributed by atoms with Gasteiger partial charge in [0.25, 0.3) is 0 Å². The molecule has 0 bridgehead atoms. The lowest BCUT2D eigenvalue weighted by molar-refractivity contribution is 0.410. The van der Waals surface area contributed by atoms with Crippen molar-refractivity contribution in [1.82, 2.24) is 19.5 Å². The molecule has 1 aliphatic rings. The first-order valence-electron chi connectivity index (χ1n) is 10.8. The van der Waals surface area contributed by atoms with Gasteiger partial charge in [0.2, 0.25) is 5.95 Å². The van der Waals surface area contributed by atoms with Crippen molar-refractivity contribution in [1.29, 1.82) is 0 Å². The molecule has 0 radical (unpaired) electrons. The van der Waals surface area contributed by atoms with E-state index in [-0.39, 0.29) is 0 Å². The van der Waals surface area contributed by atoms with Crippen molar-refractivity contribution in [2.75, 3.05) is 10.6 Å². The Labute approximate surface area is 191 Å². The predicted molar refractivity (Wildman–Crippen MR) is 131 cm³/mol. The first-order valence-corrected chi connectivity index (χ1v) is 11.9. The van der Waals surface area contributed by atoms with E-state index in [0.29, 0.717) is 30.6 Å². The Balaban J connectivity index is 1.63. The minimum absolute atomic E-state index is 0.323. The molecule has 4 rings (SSSR count). The third kappa shape index (κ3) is 4.85. The third-order valence-electron chi connectivity index (χ3n) is 5.94. The highest BCUT2D eigenvalue weighted by Crippen LogP contribution is 2.27. The summed E-state index contributed by atoms with van der Waals surface area (Å²) in [5, 5.41) is 7.05. The molecule has 1 fully saturated rings. The van der Waals surface area contributed by atoms with Crippen molar-refractivity contribution in [2.24, 2.45) is 5.73 Å². The molecule has 8 heteroatoms. The van der Waals surface area contributed by atoms with Crippen LogP contribution < -0.4 is 16.4 Å². The van der Waals surface area contributed by atoms with Gasteiger partial charge in [0, 0.05) is 28.2 Å². The molecule has 7 nitrogen and oxygen atoms in total. The van der Waals surface area contributed by atoms with Crippen LogP contribution in [0, 0.1) is 3.57 Å². The van der Waals surface area contributed by atoms with E-state index in [1.807, 2.05) is 6.33 Å². The number of aromatic nitrogens is 4. The van der Waals surface area contributed by atoms with E-state index in [4.69, 9.17) is 15.7 Å². The maximum atomic E-state index is 6.07. The summed E-state index contributed by atoms with van der Waals surface area (Å²) in [4.78, 5) is 14.3. The molecule has 2 aromatic heterocycles. The van der Waals surface area contributed by atoms with Gasteiger partial charge in [-0.05, 0) is 79.3 Å². The standard InChI is InChI=1S/C22H30IN7/c1-3-14(2)30-13-26-19-20(25-12-15-5-4-6-16(23)11-15)28-22(29-21(19)30)27-18-9-7-17(24)8-10-18/h4-6,11,13-14,17-18H,3,7-10,12,24H2,1-2H3,(H2,25,27,28,29). The zero-order valence-electron chi connectivity index (χ0n) is 17.6. The van der Waals surface area contributed by atoms with Gasteiger partial charge in [0.1, 0.15) is 0 Å². The van der Waals surface area contributed by atoms with E-state index in [1.54, 1.807) is 0 Å². The number of imidazole rings is 1. The van der Waals surface area contributed by atoms with Crippen LogP contribution in [0.4, 0.5) is 11.8 Å². The van der Waals surface area contributed by atoms with Crippen molar-refractivity contribution in [3.63, 3.8) is 0 Å². The largest absolute Gasteiger partial charge is 0.364 e. The molecular weight excluding hydrogens is 489 g/mol. The van der Waals surface area contributed by atoms with Gasteiger partial charge in [-0.2, -0.15) is 9.97 Å². The van der Waals surface area contributed by atoms with Gasteiger partial charge in [0.05, 0.1) is 6.33 Å². The number of hydrogen-bond acceptors (Lipinski definition) is 6. The lowest BCUT2D eigenvalue weighted by atomic mass is 9.92. The summed E-state index contributed by atoms with van der Waals surface area (Å²) in [6.07, 6.45) is 7.10. The molecule has 0 amide bonds. The highest BCUT2D eigenvalue weighted by atomic mass is 127. The smallest absolute Gasteiger partial charge is 0.227 e. The van der Waals surface area contributed by atoms with Crippen molar-refractivity contribution < 1.29 is 0 Å². The quantitative estimate of drug-likeness (QED) is 0.392. The fourth-order valence-corrected chi connectivity index (χ4v) is 4.51. The van der Waals surface area contributed by atoms with Crippen LogP contribution in [0.5, 0.6) is 0 Å². The Bertz CT molecular complexity index is 994. The second-order valence-electron chi connectivity index (χ2n) is 8.22. The summed E-state index contributed by atoms with van der Waals surface area (Å²) in [5.41, 5.74) is 8.97. The normalized spacial score (nSPS) is 20.3. The van der Waals surface area contributed by atoms with E-state index in [9.17, 15) is 0 Å². The van der Waals surface area contributed by atoms with Crippen molar-refractivity contribution in [3.8, 4) is 0 Å². The van der Waals surface area contributed by atoms with E-state index < -0.39 is 0 Å². The van der Waals surface area contributed by atoms with E-state index in [2.05, 4.69) is 80.9 Å². The molecule has 1 aliphatic carbocycles. The van der Waals surface area contributed by atoms with Crippen molar-refractivity contribution in [2.45, 2.75) is 70.6 Å². The summed E-state index contributed by atoms with van der Waals surface area (Å²) in [6, 6.07) is 9.49. The fourth-order valence-electron chi connectivity index (χ4n) is 3.90. The highest BCUT2D eigenvalue weighted by Gasteiger charge is 2.21. The molecule has 1 unspecified atom stereocenters. The number of nitrogens with one attached hydrogen (secondary N) is 2. The second kappa shape index (κ2) is 9.47. The fraction of sp³-hybridized carbons (Fsp3) is 0.500. The minimum atomic E-state index is 0.323. The average molecular weight is 519 g/mol. The van der Waals surface area contributed by atoms with E-state index >= 15 is 0 Å². The van der Waals surface area contributed by atoms with Crippen molar-refractivity contribution in [3.05, 3.63) is 39.7 Å². The summed E-state index contributed by atoms with van der Waals surface area (Å²) >= 11 is 2.34. The highest BCUT2D eigenvalue weighted by molar-refractivity contribution is 14.1. The summed E-state index contributed by atoms with van der Waals surface area (Å²) in [5.74, 6) is 1.44. The molecule has 4 N–H and O–H groups in total. The van der Waals surface area contributed by atoms with Gasteiger partial charge >= 0.3 is 0 Å². The van der Waals surface area contributed by atoms with Crippen LogP contribution in [0.2, 0.25) is 0 Å². The zero-order valence-corrected chi connectivity index (χ0v) is 19.8. The monoisotopic (exact) mass is 519 g/mol. The Morgan fingerprint density at radius 1 is 1.23 bits per heavy atom. The maximum absolute atomic E-state index is 6.07. The molecule has 1 saturated carbocycles. The zero-order chi connectivity index (χ0) is 21.1. The van der Waals surface area contributed by atoms with E-state index in [1.165, 1.54) is 9.13 Å². The number of benzene rings is 1. The van der Waals surface area contributed by atoms with Crippen LogP contribution >= 0.6 is 22.6 Å². The van der Waals surface area contributed by atoms with Gasteiger partial charge in [-0.1, -0.05) is 19.1 Å². The number of fused-ring (bicyclic) bond motifs is 1. The molecule has 3 aromatic rings. The number of hydrogen-bond donors (Lipinski definition) is 3. The molecule has 0 spiro atoms. The van der Waals surface area contributed by atoms with Gasteiger partial charge < -0.3 is 20.9 Å². The van der Waals surface area contributed by atoms with Crippen LogP contribution in [-0.2, 0) is 6.54 Å². The molecular formula is C22H30IN7. The van der Waals surface area contributed by atoms with Gasteiger partial charge in [0.15, 0.2) is 17.0 Å². The van der Waals surface area contributed by atoms with Crippen molar-refractivity contribution >= 4 is 45.5 Å². The number of nitrogens with zero attached hydrogens (tertiary/aromatic N) is 4. The van der Waals surface area contributed by atoms with Gasteiger partial charge in [-0.25, -0.2) is 4.98 Å². The third-order valence-corrected chi connectivity index (χ3v) is 6.61. The number of nitrogens with two attached hydrogens (primary N) is 1. The SMILES string of the molecule is CCC(C)n1cnc2c(NCc3cccc(I)c3)nc(NC3CCC(N)CC3)nc21. The molecule has 30 heavy (non-hydrogen) atoms. The number of anilines is 2. The number of halogens is 1. The summed E-state index contributed by atoms with van der Waals surface area (Å²) < 4.78 is 3.37. The molecule has 2 heterocycles. The minimum Gasteiger partial charge on any atom is -0.364 e. The Hall–Kier alpha value is -1.94. The molecule has 1 aromatic carbocycles. The summed E-state index contributed by atoms with van der Waals surface area (Å²) in [6.45, 7) is 5.06. The van der Waals surface area contributed by atoms with Crippen LogP contribution in [0.1, 0.15) is 57.6 Å². The average Bonchev–Trinajstić information content (AvgIpc) is 3.17. The lowest BCUT2D eigenvalue weighted by Gasteiger charge is -2.27. The van der Waals surface area contributed by atoms with Gasteiger partial charge in [-0.15, -0.1) is 0 Å². The first-order chi connectivity index (χ1) is 14.5. The predicted octanol–water partition coefficient (Wildman–Crippen LogP) is 4.70. The van der Waals surface area contributed by atoms with E-state index in [0.717, 1.165) is 49.1 Å². The first kappa shape index (κ1) is 21.3. The Morgan fingerprint density at radius 3 is 2.77 bits per heavy atom. The summed E-state index contributed by atoms with van der Waals surface area (Å²) in [7, 11) is 0. The number of rotatable bonds is 7. The van der Waals surface area contributed by atoms with Gasteiger partial charge in [-0.3, -0.25) is 0 Å². The Kier molecular flexibility index (Phi) is 6.72. The molecule has 160 valence electrons. The second-order valence-corrected chi connectivity index (χ2v) is 9.46. The molecule has 0 saturated heterocycles. The molecule has 1 atom stereocenters. The van der Waals surface area contributed by atoms with Crippen LogP contribution in [0.3, 0.4) is 0 Å². The Morgan fingerprint density at radius 2 is 2.03 bits per heavy atom.